The van der Waals surface area contributed by atoms with Crippen LogP contribution in [0, 0.1) is 0 Å². The third kappa shape index (κ3) is 4.42. The van der Waals surface area contributed by atoms with E-state index in [1.54, 1.807) is 0 Å². The van der Waals surface area contributed by atoms with Crippen molar-refractivity contribution in [2.24, 2.45) is 0 Å². The van der Waals surface area contributed by atoms with Crippen LogP contribution in [0.15, 0.2) is 14.4 Å². The molecule has 17 heavy (non-hydrogen) atoms. The zero-order chi connectivity index (χ0) is 12.7. The fraction of sp³-hybridized carbons (Fsp3) is 0.727. The fourth-order valence-corrected chi connectivity index (χ4v) is 1.71. The van der Waals surface area contributed by atoms with Gasteiger partial charge >= 0.3 is 17.1 Å². The Kier molecular flexibility index (Phi) is 5.45. The molecule has 1 aromatic rings. The first-order chi connectivity index (χ1) is 8.15. The number of nitrogens with zero attached hydrogens (tertiary/aromatic N) is 1. The van der Waals surface area contributed by atoms with Crippen LogP contribution in [0.1, 0.15) is 45.4 Å². The molecule has 0 atom stereocenters. The Morgan fingerprint density at radius 3 is 2.00 bits per heavy atom. The summed E-state index contributed by atoms with van der Waals surface area (Å²) in [7, 11) is 0. The summed E-state index contributed by atoms with van der Waals surface area (Å²) in [5.74, 6) is 0. The quantitative estimate of drug-likeness (QED) is 0.685. The van der Waals surface area contributed by atoms with E-state index < -0.39 is 17.1 Å². The number of hydrogen-bond acceptors (Lipinski definition) is 3. The number of hydrogen-bond donors (Lipinski definition) is 2. The number of nitrogens with one attached hydrogen (secondary N) is 2. The standard InChI is InChI=1S/C11H19N3O3/c1-2-3-4-5-6-7-8-14-10(16)12-9(15)13-11(14)17/h2-8H2,1H3,(H2,12,13,15,16,17). The highest BCUT2D eigenvalue weighted by Crippen LogP contribution is 2.04. The van der Waals surface area contributed by atoms with Crippen molar-refractivity contribution in [2.75, 3.05) is 0 Å². The van der Waals surface area contributed by atoms with Crippen molar-refractivity contribution in [2.45, 2.75) is 52.0 Å². The lowest BCUT2D eigenvalue weighted by atomic mass is 10.1. The third-order valence-electron chi connectivity index (χ3n) is 2.67. The van der Waals surface area contributed by atoms with E-state index in [1.807, 2.05) is 9.97 Å². The van der Waals surface area contributed by atoms with Gasteiger partial charge in [-0.15, -0.1) is 0 Å². The Balaban J connectivity index is 2.45. The summed E-state index contributed by atoms with van der Waals surface area (Å²) in [6.07, 6.45) is 6.49. The zero-order valence-electron chi connectivity index (χ0n) is 10.1. The average Bonchev–Trinajstić information content (AvgIpc) is 2.26. The van der Waals surface area contributed by atoms with Gasteiger partial charge in [0.1, 0.15) is 0 Å². The summed E-state index contributed by atoms with van der Waals surface area (Å²) in [6, 6.07) is 0. The largest absolute Gasteiger partial charge is 0.333 e. The Morgan fingerprint density at radius 1 is 0.882 bits per heavy atom. The van der Waals surface area contributed by atoms with Crippen LogP contribution in [0.2, 0.25) is 0 Å². The number of H-pyrrole nitrogens is 2. The molecule has 1 heterocycles. The summed E-state index contributed by atoms with van der Waals surface area (Å²) < 4.78 is 1.03. The van der Waals surface area contributed by atoms with Gasteiger partial charge in [0.2, 0.25) is 0 Å². The summed E-state index contributed by atoms with van der Waals surface area (Å²) in [6.45, 7) is 2.51. The Bertz CT molecular complexity index is 463. The number of unbranched alkanes of at least 4 members (excludes halogenated alkanes) is 5. The lowest BCUT2D eigenvalue weighted by Gasteiger charge is -2.03. The maximum atomic E-state index is 11.3. The van der Waals surface area contributed by atoms with Gasteiger partial charge in [0.25, 0.3) is 0 Å². The molecule has 0 aliphatic rings. The van der Waals surface area contributed by atoms with Gasteiger partial charge in [-0.25, -0.2) is 19.0 Å². The maximum absolute atomic E-state index is 11.3. The Hall–Kier alpha value is -1.59. The maximum Gasteiger partial charge on any atom is 0.333 e. The van der Waals surface area contributed by atoms with E-state index >= 15 is 0 Å². The normalized spacial score (nSPS) is 10.6. The van der Waals surface area contributed by atoms with Crippen LogP contribution in [0.4, 0.5) is 0 Å². The summed E-state index contributed by atoms with van der Waals surface area (Å²) >= 11 is 0. The van der Waals surface area contributed by atoms with Gasteiger partial charge < -0.3 is 0 Å². The van der Waals surface area contributed by atoms with E-state index in [9.17, 15) is 14.4 Å². The zero-order valence-corrected chi connectivity index (χ0v) is 10.1. The van der Waals surface area contributed by atoms with Gasteiger partial charge in [0.15, 0.2) is 0 Å². The van der Waals surface area contributed by atoms with Gasteiger partial charge in [0.05, 0.1) is 0 Å². The first-order valence-electron chi connectivity index (χ1n) is 6.08. The molecule has 2 N–H and O–H groups in total. The van der Waals surface area contributed by atoms with E-state index in [1.165, 1.54) is 19.3 Å². The highest BCUT2D eigenvalue weighted by Gasteiger charge is 2.01. The van der Waals surface area contributed by atoms with E-state index in [0.29, 0.717) is 6.54 Å². The molecule has 0 fully saturated rings. The minimum atomic E-state index is -0.751. The molecule has 6 nitrogen and oxygen atoms in total. The minimum absolute atomic E-state index is 0.358. The predicted octanol–water partition coefficient (Wildman–Crippen LogP) is 0.585. The van der Waals surface area contributed by atoms with Gasteiger partial charge in [-0.2, -0.15) is 0 Å². The molecule has 0 saturated heterocycles. The summed E-state index contributed by atoms with van der Waals surface area (Å²) in [5, 5.41) is 0. The highest BCUT2D eigenvalue weighted by molar-refractivity contribution is 4.68. The average molecular weight is 241 g/mol. The molecule has 0 unspecified atom stereocenters. The number of aromatic amines is 2. The molecule has 1 aromatic heterocycles. The summed E-state index contributed by atoms with van der Waals surface area (Å²) in [5.41, 5.74) is -2.01. The monoisotopic (exact) mass is 241 g/mol. The van der Waals surface area contributed by atoms with Crippen LogP contribution in [-0.2, 0) is 6.54 Å². The first-order valence-corrected chi connectivity index (χ1v) is 6.08. The second kappa shape index (κ2) is 6.88. The Labute approximate surface area is 98.7 Å². The molecule has 0 aliphatic carbocycles. The molecule has 0 bridgehead atoms. The molecule has 0 amide bonds. The number of rotatable bonds is 7. The van der Waals surface area contributed by atoms with Gasteiger partial charge in [-0.3, -0.25) is 9.97 Å². The van der Waals surface area contributed by atoms with E-state index in [-0.39, 0.29) is 0 Å². The predicted molar refractivity (Wildman–Crippen MR) is 65.3 cm³/mol. The molecule has 6 heteroatoms. The van der Waals surface area contributed by atoms with Crippen LogP contribution >= 0.6 is 0 Å². The van der Waals surface area contributed by atoms with Crippen molar-refractivity contribution in [3.63, 3.8) is 0 Å². The van der Waals surface area contributed by atoms with Crippen LogP contribution in [0.3, 0.4) is 0 Å². The van der Waals surface area contributed by atoms with Crippen molar-refractivity contribution < 1.29 is 0 Å². The molecule has 0 radical (unpaired) electrons. The van der Waals surface area contributed by atoms with Crippen LogP contribution < -0.4 is 17.1 Å². The highest BCUT2D eigenvalue weighted by atomic mass is 16.2. The lowest BCUT2D eigenvalue weighted by molar-refractivity contribution is 0.522. The smallest absolute Gasteiger partial charge is 0.259 e. The van der Waals surface area contributed by atoms with Crippen molar-refractivity contribution in [1.82, 2.24) is 14.5 Å². The molecule has 1 rings (SSSR count). The van der Waals surface area contributed by atoms with E-state index in [4.69, 9.17) is 0 Å². The van der Waals surface area contributed by atoms with Gasteiger partial charge in [-0.1, -0.05) is 39.0 Å². The number of aromatic nitrogens is 3. The topological polar surface area (TPSA) is 87.7 Å². The SMILES string of the molecule is CCCCCCCCn1c(=O)[nH]c(=O)[nH]c1=O. The molecule has 0 aromatic carbocycles. The molecule has 96 valence electrons. The molecular weight excluding hydrogens is 222 g/mol. The molecular formula is C11H19N3O3. The van der Waals surface area contributed by atoms with Crippen LogP contribution in [0.5, 0.6) is 0 Å². The van der Waals surface area contributed by atoms with E-state index in [0.717, 1.165) is 23.8 Å². The Morgan fingerprint density at radius 2 is 1.41 bits per heavy atom. The molecule has 0 spiro atoms. The van der Waals surface area contributed by atoms with Gasteiger partial charge in [0, 0.05) is 6.54 Å². The second-order valence-corrected chi connectivity index (χ2v) is 4.11. The lowest BCUT2D eigenvalue weighted by Crippen LogP contribution is -2.43. The molecule has 0 aliphatic heterocycles. The fourth-order valence-electron chi connectivity index (χ4n) is 1.71. The minimum Gasteiger partial charge on any atom is -0.259 e. The van der Waals surface area contributed by atoms with Crippen molar-refractivity contribution >= 4 is 0 Å². The van der Waals surface area contributed by atoms with Crippen LogP contribution in [-0.4, -0.2) is 14.5 Å². The van der Waals surface area contributed by atoms with Crippen molar-refractivity contribution in [3.8, 4) is 0 Å². The van der Waals surface area contributed by atoms with Crippen LogP contribution in [0.25, 0.3) is 0 Å². The first kappa shape index (κ1) is 13.5. The molecule has 0 saturated carbocycles. The van der Waals surface area contributed by atoms with Gasteiger partial charge in [-0.05, 0) is 6.42 Å². The third-order valence-corrected chi connectivity index (χ3v) is 2.67. The van der Waals surface area contributed by atoms with Crippen molar-refractivity contribution in [1.29, 1.82) is 0 Å². The second-order valence-electron chi connectivity index (χ2n) is 4.11. The summed E-state index contributed by atoms with van der Waals surface area (Å²) in [4.78, 5) is 37.5. The van der Waals surface area contributed by atoms with E-state index in [2.05, 4.69) is 6.92 Å². The van der Waals surface area contributed by atoms with Crippen molar-refractivity contribution in [3.05, 3.63) is 31.5 Å².